The number of aromatic nitrogens is 2. The van der Waals surface area contributed by atoms with Gasteiger partial charge in [-0.1, -0.05) is 61.8 Å². The lowest BCUT2D eigenvalue weighted by Crippen LogP contribution is -2.55. The van der Waals surface area contributed by atoms with E-state index in [1.165, 1.54) is 6.92 Å². The van der Waals surface area contributed by atoms with E-state index in [0.29, 0.717) is 11.3 Å². The number of hydrogen-bond donors (Lipinski definition) is 1. The molecule has 1 aliphatic heterocycles. The first-order valence-corrected chi connectivity index (χ1v) is 12.4. The molecule has 0 unspecified atom stereocenters. The second kappa shape index (κ2) is 8.73. The number of amides is 1. The average Bonchev–Trinajstić information content (AvgIpc) is 3.25. The van der Waals surface area contributed by atoms with Crippen molar-refractivity contribution in [3.63, 3.8) is 0 Å². The lowest BCUT2D eigenvalue weighted by Gasteiger charge is -2.35. The molecule has 198 valence electrons. The van der Waals surface area contributed by atoms with Gasteiger partial charge in [-0.15, -0.1) is 0 Å². The lowest BCUT2D eigenvalue weighted by atomic mass is 9.66. The summed E-state index contributed by atoms with van der Waals surface area (Å²) in [6.45, 7) is 4.58. The highest BCUT2D eigenvalue weighted by Crippen LogP contribution is 2.57. The molecule has 10 heteroatoms. The number of H-pyrrole nitrogens is 1. The highest BCUT2D eigenvalue weighted by molar-refractivity contribution is 6.31. The van der Waals surface area contributed by atoms with Crippen molar-refractivity contribution >= 4 is 23.3 Å². The van der Waals surface area contributed by atoms with Gasteiger partial charge in [-0.2, -0.15) is 13.2 Å². The first-order chi connectivity index (χ1) is 17.8. The number of aromatic amines is 1. The highest BCUT2D eigenvalue weighted by Gasteiger charge is 2.73. The molecule has 2 aliphatic rings. The van der Waals surface area contributed by atoms with Crippen molar-refractivity contribution in [2.75, 3.05) is 0 Å². The Morgan fingerprint density at radius 1 is 0.974 bits per heavy atom. The van der Waals surface area contributed by atoms with Crippen LogP contribution in [-0.4, -0.2) is 32.5 Å². The first kappa shape index (κ1) is 26.0. The number of ketones is 1. The number of carbonyl (C=O) groups is 2. The summed E-state index contributed by atoms with van der Waals surface area (Å²) >= 11 is 6.31. The molecule has 0 radical (unpaired) electrons. The van der Waals surface area contributed by atoms with Crippen molar-refractivity contribution in [3.8, 4) is 5.69 Å². The van der Waals surface area contributed by atoms with Gasteiger partial charge in [0.25, 0.3) is 11.5 Å². The fraction of sp³-hybridized carbons (Fsp3) is 0.321. The highest BCUT2D eigenvalue weighted by atomic mass is 35.5. The zero-order valence-corrected chi connectivity index (χ0v) is 21.7. The molecule has 38 heavy (non-hydrogen) atoms. The molecular formula is C28H25ClF3N3O3. The predicted molar refractivity (Wildman–Crippen MR) is 136 cm³/mol. The van der Waals surface area contributed by atoms with Crippen molar-refractivity contribution in [3.05, 3.63) is 98.1 Å². The minimum absolute atomic E-state index is 0.0141. The average molecular weight is 544 g/mol. The Kier molecular flexibility index (Phi) is 5.98. The maximum atomic E-state index is 15.4. The SMILES string of the molecule is Cc1[nH]n(-c2ccccc2)c(=O)c1[C@]1(C(F)(F)F)C(=O)N(Cc2ccccc2Cl)C2=C1C(=O)CC(C)(C)C2. The third-order valence-electron chi connectivity index (χ3n) is 7.29. The van der Waals surface area contributed by atoms with Gasteiger partial charge in [0.1, 0.15) is 0 Å². The van der Waals surface area contributed by atoms with Crippen molar-refractivity contribution in [2.24, 2.45) is 5.41 Å². The summed E-state index contributed by atoms with van der Waals surface area (Å²) in [5.74, 6) is -2.17. The number of para-hydroxylation sites is 1. The van der Waals surface area contributed by atoms with Crippen LogP contribution in [0, 0.1) is 12.3 Å². The van der Waals surface area contributed by atoms with Crippen LogP contribution in [0.15, 0.2) is 70.7 Å². The summed E-state index contributed by atoms with van der Waals surface area (Å²) in [4.78, 5) is 42.4. The molecule has 2 heterocycles. The standard InChI is InChI=1S/C28H25ClF3N3O3/c1-16-22(24(37)35(33-16)18-10-5-4-6-11-18)27(28(30,31)32)23-20(13-26(2,3)14-21(23)36)34(25(27)38)15-17-9-7-8-12-19(17)29/h4-12,33H,13-15H2,1-3H3/t27-/m1/s1. The summed E-state index contributed by atoms with van der Waals surface area (Å²) in [5, 5.41) is 2.98. The topological polar surface area (TPSA) is 75.2 Å². The van der Waals surface area contributed by atoms with Gasteiger partial charge in [-0.05, 0) is 42.5 Å². The van der Waals surface area contributed by atoms with Crippen molar-refractivity contribution < 1.29 is 22.8 Å². The minimum Gasteiger partial charge on any atom is -0.310 e. The number of rotatable bonds is 4. The summed E-state index contributed by atoms with van der Waals surface area (Å²) in [6.07, 6.45) is -5.41. The Labute approximate surface area is 221 Å². The zero-order chi connectivity index (χ0) is 27.6. The number of hydrogen-bond acceptors (Lipinski definition) is 3. The Morgan fingerprint density at radius 2 is 1.61 bits per heavy atom. The van der Waals surface area contributed by atoms with Crippen LogP contribution in [0.25, 0.3) is 5.69 Å². The van der Waals surface area contributed by atoms with Gasteiger partial charge in [-0.3, -0.25) is 19.5 Å². The van der Waals surface area contributed by atoms with E-state index < -0.39 is 45.4 Å². The van der Waals surface area contributed by atoms with Gasteiger partial charge in [-0.25, -0.2) is 4.68 Å². The fourth-order valence-electron chi connectivity index (χ4n) is 5.72. The van der Waals surface area contributed by atoms with Crippen molar-refractivity contribution in [2.45, 2.75) is 51.7 Å². The van der Waals surface area contributed by atoms with Gasteiger partial charge in [0.2, 0.25) is 5.41 Å². The molecule has 0 spiro atoms. The molecule has 2 aromatic carbocycles. The number of halogens is 4. The third kappa shape index (κ3) is 3.74. The van der Waals surface area contributed by atoms with E-state index in [9.17, 15) is 14.4 Å². The summed E-state index contributed by atoms with van der Waals surface area (Å²) in [5.41, 5.74) is -6.06. The number of Topliss-reactive ketones (excluding diaryl/α,β-unsaturated/α-hetero) is 1. The second-order valence-electron chi connectivity index (χ2n) is 10.6. The van der Waals surface area contributed by atoms with Crippen LogP contribution in [-0.2, 0) is 21.5 Å². The number of carbonyl (C=O) groups excluding carboxylic acids is 2. The number of nitrogens with zero attached hydrogens (tertiary/aromatic N) is 2. The summed E-state index contributed by atoms with van der Waals surface area (Å²) in [7, 11) is 0. The van der Waals surface area contributed by atoms with Crippen molar-refractivity contribution in [1.82, 2.24) is 14.7 Å². The number of alkyl halides is 3. The molecule has 6 nitrogen and oxygen atoms in total. The normalized spacial score (nSPS) is 21.3. The summed E-state index contributed by atoms with van der Waals surface area (Å²) < 4.78 is 47.3. The zero-order valence-electron chi connectivity index (χ0n) is 20.9. The summed E-state index contributed by atoms with van der Waals surface area (Å²) in [6, 6.07) is 14.6. The molecular weight excluding hydrogens is 519 g/mol. The first-order valence-electron chi connectivity index (χ1n) is 12.1. The van der Waals surface area contributed by atoms with Crippen LogP contribution in [0.2, 0.25) is 5.02 Å². The molecule has 0 fully saturated rings. The van der Waals surface area contributed by atoms with E-state index in [1.807, 2.05) is 0 Å². The Balaban J connectivity index is 1.82. The molecule has 0 saturated heterocycles. The van der Waals surface area contributed by atoms with Crippen LogP contribution in [0.4, 0.5) is 13.2 Å². The fourth-order valence-corrected chi connectivity index (χ4v) is 5.92. The Morgan fingerprint density at radius 3 is 2.24 bits per heavy atom. The number of allylic oxidation sites excluding steroid dienone is 1. The van der Waals surface area contributed by atoms with Gasteiger partial charge in [0.15, 0.2) is 5.78 Å². The lowest BCUT2D eigenvalue weighted by molar-refractivity contribution is -0.189. The molecule has 1 aromatic heterocycles. The third-order valence-corrected chi connectivity index (χ3v) is 7.66. The maximum absolute atomic E-state index is 15.4. The van der Waals surface area contributed by atoms with E-state index >= 15 is 13.2 Å². The minimum atomic E-state index is -5.28. The van der Waals surface area contributed by atoms with Crippen LogP contribution in [0.3, 0.4) is 0 Å². The van der Waals surface area contributed by atoms with Crippen molar-refractivity contribution in [1.29, 1.82) is 0 Å². The van der Waals surface area contributed by atoms with E-state index in [-0.39, 0.29) is 35.8 Å². The maximum Gasteiger partial charge on any atom is 0.411 e. The molecule has 1 amide bonds. The van der Waals surface area contributed by atoms with Crippen LogP contribution < -0.4 is 5.56 Å². The van der Waals surface area contributed by atoms with Crippen LogP contribution >= 0.6 is 11.6 Å². The quantitative estimate of drug-likeness (QED) is 0.464. The molecule has 5 rings (SSSR count). The van der Waals surface area contributed by atoms with E-state index in [1.54, 1.807) is 68.4 Å². The predicted octanol–water partition coefficient (Wildman–Crippen LogP) is 5.61. The van der Waals surface area contributed by atoms with Gasteiger partial charge < -0.3 is 4.90 Å². The molecule has 3 aromatic rings. The van der Waals surface area contributed by atoms with E-state index in [2.05, 4.69) is 5.10 Å². The Bertz CT molecular complexity index is 1550. The van der Waals surface area contributed by atoms with Gasteiger partial charge in [0.05, 0.1) is 17.8 Å². The van der Waals surface area contributed by atoms with Gasteiger partial charge >= 0.3 is 6.18 Å². The number of nitrogens with one attached hydrogen (secondary N) is 1. The number of aryl methyl sites for hydroxylation is 1. The molecule has 1 aliphatic carbocycles. The van der Waals surface area contributed by atoms with Crippen LogP contribution in [0.5, 0.6) is 0 Å². The van der Waals surface area contributed by atoms with E-state index in [0.717, 1.165) is 9.58 Å². The molecule has 0 bridgehead atoms. The van der Waals surface area contributed by atoms with Gasteiger partial charge in [0, 0.05) is 28.4 Å². The Hall–Kier alpha value is -3.59. The number of benzene rings is 2. The molecule has 1 atom stereocenters. The largest absolute Gasteiger partial charge is 0.411 e. The molecule has 1 N–H and O–H groups in total. The van der Waals surface area contributed by atoms with Crippen LogP contribution in [0.1, 0.15) is 43.5 Å². The smallest absolute Gasteiger partial charge is 0.310 e. The molecule has 0 saturated carbocycles. The monoisotopic (exact) mass is 543 g/mol. The van der Waals surface area contributed by atoms with E-state index in [4.69, 9.17) is 11.6 Å². The second-order valence-corrected chi connectivity index (χ2v) is 11.0.